The van der Waals surface area contributed by atoms with Crippen LogP contribution in [0.2, 0.25) is 0 Å². The van der Waals surface area contributed by atoms with Crippen molar-refractivity contribution >= 4 is 0 Å². The van der Waals surface area contributed by atoms with Crippen molar-refractivity contribution in [3.63, 3.8) is 0 Å². The third-order valence-electron chi connectivity index (χ3n) is 11.9. The standard InChI is InChI=1S/C33H56F4O/c1-3-5-6-25-16-17-28(33(37)30(25)34)29(38)20-11-22-9-14-24(15-10-22)27-19-18-26(31(35)32(27)36)23-12-7-21(4-2)8-13-23/h21-33,38H,3-20H2,1-2H3/t21?,22?,23?,24?,25?,26?,27?,28?,29?,30?,31-,32?,33?/m1/s1. The monoisotopic (exact) mass is 544 g/mol. The van der Waals surface area contributed by atoms with E-state index >= 15 is 8.78 Å². The van der Waals surface area contributed by atoms with Crippen molar-refractivity contribution in [2.24, 2.45) is 47.3 Å². The number of alkyl halides is 4. The van der Waals surface area contributed by atoms with Gasteiger partial charge in [-0.3, -0.25) is 0 Å². The molecule has 0 aromatic rings. The van der Waals surface area contributed by atoms with E-state index in [1.165, 1.54) is 19.3 Å². The molecule has 4 aliphatic rings. The first-order valence-electron chi connectivity index (χ1n) is 16.6. The van der Waals surface area contributed by atoms with Crippen LogP contribution in [0.3, 0.4) is 0 Å². The van der Waals surface area contributed by atoms with Crippen molar-refractivity contribution in [1.29, 1.82) is 0 Å². The van der Waals surface area contributed by atoms with Crippen molar-refractivity contribution < 1.29 is 22.7 Å². The second-order valence-electron chi connectivity index (χ2n) is 13.9. The smallest absolute Gasteiger partial charge is 0.137 e. The minimum Gasteiger partial charge on any atom is -0.393 e. The molecule has 9 atom stereocenters. The Hall–Kier alpha value is -0.320. The highest BCUT2D eigenvalue weighted by Gasteiger charge is 2.47. The molecule has 1 nitrogen and oxygen atoms in total. The minimum absolute atomic E-state index is 0.0816. The Bertz CT molecular complexity index is 674. The number of halogens is 4. The Morgan fingerprint density at radius 2 is 1.16 bits per heavy atom. The summed E-state index contributed by atoms with van der Waals surface area (Å²) < 4.78 is 60.3. The summed E-state index contributed by atoms with van der Waals surface area (Å²) >= 11 is 0. The normalized spacial score (nSPS) is 45.6. The zero-order valence-electron chi connectivity index (χ0n) is 24.2. The van der Waals surface area contributed by atoms with Gasteiger partial charge in [0.05, 0.1) is 6.10 Å². The third kappa shape index (κ3) is 7.30. The number of unbranched alkanes of at least 4 members (excludes halogenated alkanes) is 1. The summed E-state index contributed by atoms with van der Waals surface area (Å²) in [5, 5.41) is 10.7. The molecule has 4 fully saturated rings. The van der Waals surface area contributed by atoms with Crippen LogP contribution in [-0.2, 0) is 0 Å². The number of hydrogen-bond donors (Lipinski definition) is 1. The SMILES string of the molecule is CCCCC1CCC(C(O)CCC2CCC(C3CCC(C4CCC(CC)CC4)[C@@H](F)C3F)CC2)C(F)C1F. The minimum atomic E-state index is -1.55. The third-order valence-corrected chi connectivity index (χ3v) is 11.9. The quantitative estimate of drug-likeness (QED) is 0.271. The molecule has 4 rings (SSSR count). The van der Waals surface area contributed by atoms with Crippen molar-refractivity contribution in [2.45, 2.75) is 160 Å². The molecule has 0 amide bonds. The van der Waals surface area contributed by atoms with Crippen molar-refractivity contribution in [3.8, 4) is 0 Å². The summed E-state index contributed by atoms with van der Waals surface area (Å²) in [5.74, 6) is 0.865. The van der Waals surface area contributed by atoms with Gasteiger partial charge in [-0.1, -0.05) is 58.8 Å². The first-order chi connectivity index (χ1) is 18.3. The fourth-order valence-corrected chi connectivity index (χ4v) is 9.11. The van der Waals surface area contributed by atoms with E-state index in [-0.39, 0.29) is 23.7 Å². The lowest BCUT2D eigenvalue weighted by atomic mass is 9.63. The molecule has 0 aromatic heterocycles. The van der Waals surface area contributed by atoms with Crippen LogP contribution in [0.1, 0.15) is 129 Å². The van der Waals surface area contributed by atoms with E-state index in [0.29, 0.717) is 31.1 Å². The summed E-state index contributed by atoms with van der Waals surface area (Å²) in [7, 11) is 0. The number of hydrogen-bond acceptors (Lipinski definition) is 1. The molecule has 5 heteroatoms. The molecule has 0 aliphatic heterocycles. The maximum Gasteiger partial charge on any atom is 0.137 e. The van der Waals surface area contributed by atoms with E-state index in [1.54, 1.807) is 0 Å². The summed E-state index contributed by atoms with van der Waals surface area (Å²) in [4.78, 5) is 0. The molecular weight excluding hydrogens is 488 g/mol. The fraction of sp³-hybridized carbons (Fsp3) is 1.00. The lowest BCUT2D eigenvalue weighted by Crippen LogP contribution is -2.45. The molecule has 1 N–H and O–H groups in total. The summed E-state index contributed by atoms with van der Waals surface area (Å²) in [6.45, 7) is 4.31. The molecule has 0 spiro atoms. The summed E-state index contributed by atoms with van der Waals surface area (Å²) in [6, 6.07) is 0. The molecule has 0 heterocycles. The van der Waals surface area contributed by atoms with Gasteiger partial charge in [0, 0.05) is 5.92 Å². The van der Waals surface area contributed by atoms with Gasteiger partial charge in [0.15, 0.2) is 0 Å². The van der Waals surface area contributed by atoms with Crippen LogP contribution in [0.4, 0.5) is 17.6 Å². The van der Waals surface area contributed by atoms with Gasteiger partial charge in [0.1, 0.15) is 24.7 Å². The predicted octanol–water partition coefficient (Wildman–Crippen LogP) is 9.75. The van der Waals surface area contributed by atoms with Crippen molar-refractivity contribution in [3.05, 3.63) is 0 Å². The van der Waals surface area contributed by atoms with Crippen molar-refractivity contribution in [1.82, 2.24) is 0 Å². The van der Waals surface area contributed by atoms with Crippen LogP contribution in [0, 0.1) is 47.3 Å². The van der Waals surface area contributed by atoms with Gasteiger partial charge < -0.3 is 5.11 Å². The molecule has 4 aliphatic carbocycles. The first kappa shape index (κ1) is 30.6. The fourth-order valence-electron chi connectivity index (χ4n) is 9.11. The van der Waals surface area contributed by atoms with E-state index in [2.05, 4.69) is 13.8 Å². The average molecular weight is 545 g/mol. The highest BCUT2D eigenvalue weighted by molar-refractivity contribution is 4.96. The van der Waals surface area contributed by atoms with Crippen LogP contribution in [0.5, 0.6) is 0 Å². The Morgan fingerprint density at radius 3 is 1.68 bits per heavy atom. The van der Waals surface area contributed by atoms with Crippen molar-refractivity contribution in [2.75, 3.05) is 0 Å². The molecule has 0 radical (unpaired) electrons. The summed E-state index contributed by atoms with van der Waals surface area (Å²) in [5.41, 5.74) is 0. The van der Waals surface area contributed by atoms with Gasteiger partial charge in [-0.05, 0) is 112 Å². The van der Waals surface area contributed by atoms with Crippen LogP contribution in [0.15, 0.2) is 0 Å². The second kappa shape index (κ2) is 14.5. The molecule has 8 unspecified atom stereocenters. The Kier molecular flexibility index (Phi) is 11.7. The molecule has 38 heavy (non-hydrogen) atoms. The van der Waals surface area contributed by atoms with Gasteiger partial charge in [-0.15, -0.1) is 0 Å². The lowest BCUT2D eigenvalue weighted by Gasteiger charge is -2.44. The number of rotatable bonds is 10. The molecular formula is C33H56F4O. The van der Waals surface area contributed by atoms with Gasteiger partial charge in [0.25, 0.3) is 0 Å². The maximum atomic E-state index is 15.4. The van der Waals surface area contributed by atoms with Crippen LogP contribution in [0.25, 0.3) is 0 Å². The van der Waals surface area contributed by atoms with Gasteiger partial charge in [-0.25, -0.2) is 17.6 Å². The van der Waals surface area contributed by atoms with Gasteiger partial charge >= 0.3 is 0 Å². The average Bonchev–Trinajstić information content (AvgIpc) is 2.94. The molecule has 4 saturated carbocycles. The predicted molar refractivity (Wildman–Crippen MR) is 148 cm³/mol. The number of aliphatic hydroxyl groups is 1. The highest BCUT2D eigenvalue weighted by Crippen LogP contribution is 2.49. The molecule has 0 saturated heterocycles. The zero-order chi connectivity index (χ0) is 27.2. The Morgan fingerprint density at radius 1 is 0.605 bits per heavy atom. The Labute approximate surface area is 230 Å². The van der Waals surface area contributed by atoms with E-state index < -0.39 is 36.7 Å². The van der Waals surface area contributed by atoms with Gasteiger partial charge in [-0.2, -0.15) is 0 Å². The largest absolute Gasteiger partial charge is 0.393 e. The van der Waals surface area contributed by atoms with E-state index in [9.17, 15) is 13.9 Å². The number of aliphatic hydroxyl groups excluding tert-OH is 1. The Balaban J connectivity index is 1.17. The molecule has 0 aromatic carbocycles. The van der Waals surface area contributed by atoms with Gasteiger partial charge in [0.2, 0.25) is 0 Å². The zero-order valence-corrected chi connectivity index (χ0v) is 24.2. The van der Waals surface area contributed by atoms with Crippen LogP contribution in [-0.4, -0.2) is 35.9 Å². The summed E-state index contributed by atoms with van der Waals surface area (Å²) in [6.07, 6.45) is 10.1. The van der Waals surface area contributed by atoms with Crippen LogP contribution < -0.4 is 0 Å². The molecule has 0 bridgehead atoms. The second-order valence-corrected chi connectivity index (χ2v) is 13.9. The first-order valence-corrected chi connectivity index (χ1v) is 16.6. The van der Waals surface area contributed by atoms with E-state index in [0.717, 1.165) is 83.0 Å². The van der Waals surface area contributed by atoms with E-state index in [1.807, 2.05) is 0 Å². The lowest BCUT2D eigenvalue weighted by molar-refractivity contribution is -0.0444. The maximum absolute atomic E-state index is 15.4. The van der Waals surface area contributed by atoms with Crippen LogP contribution >= 0.6 is 0 Å². The molecule has 222 valence electrons. The highest BCUT2D eigenvalue weighted by atomic mass is 19.2. The van der Waals surface area contributed by atoms with E-state index in [4.69, 9.17) is 0 Å². The topological polar surface area (TPSA) is 20.2 Å².